The Morgan fingerprint density at radius 1 is 1.25 bits per heavy atom. The van der Waals surface area contributed by atoms with Crippen molar-refractivity contribution in [2.24, 2.45) is 0 Å². The van der Waals surface area contributed by atoms with Gasteiger partial charge in [0, 0.05) is 18.5 Å². The largest absolute Gasteiger partial charge is 0.507 e. The zero-order valence-electron chi connectivity index (χ0n) is 12.2. The van der Waals surface area contributed by atoms with Crippen molar-refractivity contribution in [1.82, 2.24) is 14.6 Å². The van der Waals surface area contributed by atoms with Gasteiger partial charge >= 0.3 is 0 Å². The normalized spacial score (nSPS) is 11.0. The van der Waals surface area contributed by atoms with Crippen molar-refractivity contribution < 1.29 is 18.7 Å². The molecule has 3 aromatic heterocycles. The van der Waals surface area contributed by atoms with Crippen molar-refractivity contribution in [3.8, 4) is 17.2 Å². The van der Waals surface area contributed by atoms with Crippen molar-refractivity contribution in [3.63, 3.8) is 0 Å². The fourth-order valence-corrected chi connectivity index (χ4v) is 2.38. The number of furan rings is 1. The topological polar surface area (TPSA) is 80.6 Å². The minimum atomic E-state index is -0.607. The monoisotopic (exact) mass is 323 g/mol. The number of phenolic OH excluding ortho intramolecular Hbond substituents is 1. The van der Waals surface area contributed by atoms with Crippen LogP contribution < -0.4 is 0 Å². The third-order valence-corrected chi connectivity index (χ3v) is 3.55. The van der Waals surface area contributed by atoms with Crippen LogP contribution in [0.25, 0.3) is 17.1 Å². The summed E-state index contributed by atoms with van der Waals surface area (Å²) in [6, 6.07) is 8.42. The fraction of sp³-hybridized carbons (Fsp3) is 0. The molecule has 0 aliphatic carbocycles. The van der Waals surface area contributed by atoms with Gasteiger partial charge in [0.1, 0.15) is 17.3 Å². The summed E-state index contributed by atoms with van der Waals surface area (Å²) < 4.78 is 20.0. The summed E-state index contributed by atoms with van der Waals surface area (Å²) in [6.07, 6.45) is 4.37. The van der Waals surface area contributed by atoms with E-state index in [-0.39, 0.29) is 16.9 Å². The Hall–Kier alpha value is -3.48. The fourth-order valence-electron chi connectivity index (χ4n) is 2.38. The number of carbonyl (C=O) groups is 1. The molecule has 118 valence electrons. The van der Waals surface area contributed by atoms with Crippen LogP contribution in [0.1, 0.15) is 15.9 Å². The van der Waals surface area contributed by atoms with Crippen LogP contribution in [0.4, 0.5) is 4.39 Å². The van der Waals surface area contributed by atoms with Crippen molar-refractivity contribution in [2.75, 3.05) is 0 Å². The molecule has 0 saturated carbocycles. The SMILES string of the molecule is O=C(c1cnc2cc(-c3ccco3)nn2c1)c1cc(F)ccc1O. The molecule has 0 aliphatic rings. The molecule has 0 aliphatic heterocycles. The number of halogens is 1. The summed E-state index contributed by atoms with van der Waals surface area (Å²) in [5.41, 5.74) is 1.15. The van der Waals surface area contributed by atoms with Gasteiger partial charge in [0.25, 0.3) is 0 Å². The summed E-state index contributed by atoms with van der Waals surface area (Å²) in [5, 5.41) is 14.1. The minimum absolute atomic E-state index is 0.130. The van der Waals surface area contributed by atoms with Gasteiger partial charge in [0.05, 0.1) is 17.4 Å². The Balaban J connectivity index is 1.77. The van der Waals surface area contributed by atoms with Gasteiger partial charge < -0.3 is 9.52 Å². The molecule has 4 aromatic rings. The third kappa shape index (κ3) is 2.32. The Morgan fingerprint density at radius 2 is 2.12 bits per heavy atom. The lowest BCUT2D eigenvalue weighted by Gasteiger charge is -2.04. The van der Waals surface area contributed by atoms with Gasteiger partial charge in [0.2, 0.25) is 0 Å². The summed E-state index contributed by atoms with van der Waals surface area (Å²) in [6.45, 7) is 0. The number of aromatic hydroxyl groups is 1. The molecular weight excluding hydrogens is 313 g/mol. The zero-order chi connectivity index (χ0) is 16.7. The molecule has 0 atom stereocenters. The van der Waals surface area contributed by atoms with E-state index < -0.39 is 11.6 Å². The summed E-state index contributed by atoms with van der Waals surface area (Å²) in [5.74, 6) is -0.866. The van der Waals surface area contributed by atoms with Gasteiger partial charge in [-0.1, -0.05) is 0 Å². The van der Waals surface area contributed by atoms with Crippen LogP contribution in [0.15, 0.2) is 59.5 Å². The lowest BCUT2D eigenvalue weighted by Crippen LogP contribution is -2.05. The van der Waals surface area contributed by atoms with Gasteiger partial charge in [-0.3, -0.25) is 4.79 Å². The molecule has 0 saturated heterocycles. The second kappa shape index (κ2) is 5.31. The standard InChI is InChI=1S/C17H10FN3O3/c18-11-3-4-14(22)12(6-11)17(23)10-8-19-16-7-13(20-21(16)9-10)15-2-1-5-24-15/h1-9,22H. The van der Waals surface area contributed by atoms with E-state index in [9.17, 15) is 14.3 Å². The number of benzene rings is 1. The average molecular weight is 323 g/mol. The molecule has 4 rings (SSSR count). The molecule has 7 heteroatoms. The molecule has 0 bridgehead atoms. The number of carbonyl (C=O) groups excluding carboxylic acids is 1. The lowest BCUT2D eigenvalue weighted by atomic mass is 10.1. The zero-order valence-corrected chi connectivity index (χ0v) is 12.2. The maximum Gasteiger partial charge on any atom is 0.199 e. The van der Waals surface area contributed by atoms with Crippen molar-refractivity contribution >= 4 is 11.4 Å². The number of ketones is 1. The highest BCUT2D eigenvalue weighted by molar-refractivity contribution is 6.10. The minimum Gasteiger partial charge on any atom is -0.507 e. The van der Waals surface area contributed by atoms with E-state index in [1.54, 1.807) is 18.2 Å². The molecule has 1 aromatic carbocycles. The average Bonchev–Trinajstić information content (AvgIpc) is 3.24. The maximum absolute atomic E-state index is 13.3. The molecule has 0 amide bonds. The highest BCUT2D eigenvalue weighted by atomic mass is 19.1. The molecule has 24 heavy (non-hydrogen) atoms. The molecule has 6 nitrogen and oxygen atoms in total. The number of hydrogen-bond acceptors (Lipinski definition) is 5. The number of fused-ring (bicyclic) bond motifs is 1. The molecule has 0 fully saturated rings. The van der Waals surface area contributed by atoms with Gasteiger partial charge in [-0.2, -0.15) is 5.10 Å². The Morgan fingerprint density at radius 3 is 2.92 bits per heavy atom. The van der Waals surface area contributed by atoms with Gasteiger partial charge in [-0.05, 0) is 30.3 Å². The Kier molecular flexibility index (Phi) is 3.13. The smallest absolute Gasteiger partial charge is 0.199 e. The quantitative estimate of drug-likeness (QED) is 0.586. The molecule has 0 unspecified atom stereocenters. The van der Waals surface area contributed by atoms with Crippen LogP contribution in [0.3, 0.4) is 0 Å². The van der Waals surface area contributed by atoms with E-state index in [0.717, 1.165) is 18.2 Å². The number of rotatable bonds is 3. The number of nitrogens with zero attached hydrogens (tertiary/aromatic N) is 3. The molecule has 1 N–H and O–H groups in total. The first-order valence-corrected chi connectivity index (χ1v) is 7.04. The first-order chi connectivity index (χ1) is 11.6. The summed E-state index contributed by atoms with van der Waals surface area (Å²) in [7, 11) is 0. The predicted molar refractivity (Wildman–Crippen MR) is 82.2 cm³/mol. The summed E-state index contributed by atoms with van der Waals surface area (Å²) in [4.78, 5) is 16.6. The molecule has 3 heterocycles. The number of aromatic nitrogens is 3. The van der Waals surface area contributed by atoms with Crippen LogP contribution in [0.2, 0.25) is 0 Å². The van der Waals surface area contributed by atoms with Gasteiger partial charge in [-0.25, -0.2) is 13.9 Å². The number of phenols is 1. The van der Waals surface area contributed by atoms with Crippen LogP contribution in [0, 0.1) is 5.82 Å². The van der Waals surface area contributed by atoms with Crippen LogP contribution in [-0.4, -0.2) is 25.5 Å². The van der Waals surface area contributed by atoms with E-state index in [4.69, 9.17) is 4.42 Å². The molecule has 0 spiro atoms. The van der Waals surface area contributed by atoms with Crippen LogP contribution >= 0.6 is 0 Å². The first-order valence-electron chi connectivity index (χ1n) is 7.04. The van der Waals surface area contributed by atoms with E-state index in [0.29, 0.717) is 17.1 Å². The lowest BCUT2D eigenvalue weighted by molar-refractivity contribution is 0.103. The second-order valence-corrected chi connectivity index (χ2v) is 5.14. The highest BCUT2D eigenvalue weighted by Crippen LogP contribution is 2.23. The van der Waals surface area contributed by atoms with Gasteiger partial charge in [-0.15, -0.1) is 0 Å². The highest BCUT2D eigenvalue weighted by Gasteiger charge is 2.17. The third-order valence-electron chi connectivity index (χ3n) is 3.55. The maximum atomic E-state index is 13.3. The van der Waals surface area contributed by atoms with E-state index in [1.165, 1.54) is 23.2 Å². The first kappa shape index (κ1) is 14.1. The number of hydrogen-bond donors (Lipinski definition) is 1. The van der Waals surface area contributed by atoms with Crippen LogP contribution in [-0.2, 0) is 0 Å². The Bertz CT molecular complexity index is 1050. The second-order valence-electron chi connectivity index (χ2n) is 5.14. The van der Waals surface area contributed by atoms with Crippen molar-refractivity contribution in [1.29, 1.82) is 0 Å². The molecule has 0 radical (unpaired) electrons. The van der Waals surface area contributed by atoms with Crippen molar-refractivity contribution in [2.45, 2.75) is 0 Å². The predicted octanol–water partition coefficient (Wildman–Crippen LogP) is 3.07. The summed E-state index contributed by atoms with van der Waals surface area (Å²) >= 11 is 0. The van der Waals surface area contributed by atoms with Crippen LogP contribution in [0.5, 0.6) is 5.75 Å². The van der Waals surface area contributed by atoms with E-state index >= 15 is 0 Å². The van der Waals surface area contributed by atoms with E-state index in [2.05, 4.69) is 10.1 Å². The van der Waals surface area contributed by atoms with E-state index in [1.807, 2.05) is 0 Å². The van der Waals surface area contributed by atoms with Crippen molar-refractivity contribution in [3.05, 3.63) is 72.0 Å². The molecular formula is C17H10FN3O3. The Labute approximate surface area is 134 Å². The van der Waals surface area contributed by atoms with Gasteiger partial charge in [0.15, 0.2) is 17.2 Å².